The predicted molar refractivity (Wildman–Crippen MR) is 108 cm³/mol. The van der Waals surface area contributed by atoms with Crippen LogP contribution < -0.4 is 4.90 Å². The molecule has 3 aromatic rings. The largest absolute Gasteiger partial charge is 0.466 e. The lowest BCUT2D eigenvalue weighted by atomic mass is 10.2. The van der Waals surface area contributed by atoms with E-state index in [1.54, 1.807) is 31.2 Å². The Morgan fingerprint density at radius 1 is 1.14 bits per heavy atom. The number of carbonyl (C=O) groups is 2. The van der Waals surface area contributed by atoms with Gasteiger partial charge in [0.1, 0.15) is 10.5 Å². The summed E-state index contributed by atoms with van der Waals surface area (Å²) >= 11 is 7.09. The van der Waals surface area contributed by atoms with Gasteiger partial charge in [0.2, 0.25) is 5.91 Å². The van der Waals surface area contributed by atoms with Crippen LogP contribution in [-0.4, -0.2) is 23.5 Å². The third-order valence-electron chi connectivity index (χ3n) is 4.08. The standard InChI is InChI=1S/C20H17ClF2N2O3S/c1-2-28-18(27)10-9-17(26)25(13-5-3-12(21)4-6-13)11-16-24-20-15(29-16)8-7-14(22)19(20)23/h3-8H,2,9-11H2,1H3. The first-order valence-corrected chi connectivity index (χ1v) is 10.0. The first-order chi connectivity index (χ1) is 13.9. The number of halogens is 3. The van der Waals surface area contributed by atoms with Crippen molar-refractivity contribution in [3.8, 4) is 0 Å². The Morgan fingerprint density at radius 3 is 2.55 bits per heavy atom. The van der Waals surface area contributed by atoms with Gasteiger partial charge < -0.3 is 9.64 Å². The van der Waals surface area contributed by atoms with Gasteiger partial charge in [0, 0.05) is 17.1 Å². The molecule has 0 unspecified atom stereocenters. The maximum absolute atomic E-state index is 14.0. The minimum Gasteiger partial charge on any atom is -0.466 e. The third-order valence-corrected chi connectivity index (χ3v) is 5.33. The first kappa shape index (κ1) is 21.1. The van der Waals surface area contributed by atoms with Crippen molar-refractivity contribution >= 4 is 50.7 Å². The van der Waals surface area contributed by atoms with Crippen LogP contribution in [0.15, 0.2) is 36.4 Å². The molecule has 2 aromatic carbocycles. The molecule has 5 nitrogen and oxygen atoms in total. The van der Waals surface area contributed by atoms with E-state index in [0.29, 0.717) is 20.4 Å². The molecule has 1 amide bonds. The molecule has 9 heteroatoms. The van der Waals surface area contributed by atoms with Crippen LogP contribution in [0, 0.1) is 11.6 Å². The number of benzene rings is 2. The maximum Gasteiger partial charge on any atom is 0.306 e. The van der Waals surface area contributed by atoms with E-state index in [1.807, 2.05) is 0 Å². The zero-order chi connectivity index (χ0) is 21.0. The molecule has 0 aliphatic rings. The summed E-state index contributed by atoms with van der Waals surface area (Å²) in [4.78, 5) is 30.0. The van der Waals surface area contributed by atoms with Gasteiger partial charge in [-0.25, -0.2) is 13.8 Å². The third kappa shape index (κ3) is 5.07. The van der Waals surface area contributed by atoms with E-state index in [2.05, 4.69) is 4.98 Å². The second kappa shape index (κ2) is 9.28. The number of thiazole rings is 1. The van der Waals surface area contributed by atoms with Crippen LogP contribution in [0.2, 0.25) is 5.02 Å². The lowest BCUT2D eigenvalue weighted by Gasteiger charge is -2.22. The normalized spacial score (nSPS) is 10.9. The molecule has 0 aliphatic carbocycles. The maximum atomic E-state index is 14.0. The predicted octanol–water partition coefficient (Wildman–Crippen LogP) is 5.10. The number of nitrogens with zero attached hydrogens (tertiary/aromatic N) is 2. The summed E-state index contributed by atoms with van der Waals surface area (Å²) < 4.78 is 32.8. The molecule has 0 bridgehead atoms. The van der Waals surface area contributed by atoms with Gasteiger partial charge in [0.25, 0.3) is 0 Å². The van der Waals surface area contributed by atoms with Gasteiger partial charge >= 0.3 is 5.97 Å². The molecule has 1 heterocycles. The number of hydrogen-bond acceptors (Lipinski definition) is 5. The molecular formula is C20H17ClF2N2O3S. The van der Waals surface area contributed by atoms with Gasteiger partial charge in [-0.15, -0.1) is 11.3 Å². The van der Waals surface area contributed by atoms with Gasteiger partial charge in [-0.05, 0) is 43.3 Å². The van der Waals surface area contributed by atoms with Crippen LogP contribution in [-0.2, 0) is 20.9 Å². The van der Waals surface area contributed by atoms with Gasteiger partial charge in [-0.3, -0.25) is 9.59 Å². The van der Waals surface area contributed by atoms with Gasteiger partial charge in [-0.1, -0.05) is 11.6 Å². The molecule has 0 radical (unpaired) electrons. The number of esters is 1. The molecule has 0 N–H and O–H groups in total. The summed E-state index contributed by atoms with van der Waals surface area (Å²) in [6.07, 6.45) is -0.119. The van der Waals surface area contributed by atoms with Crippen LogP contribution in [0.25, 0.3) is 10.2 Å². The number of anilines is 1. The molecule has 152 valence electrons. The highest BCUT2D eigenvalue weighted by molar-refractivity contribution is 7.18. The molecule has 0 aliphatic heterocycles. The highest BCUT2D eigenvalue weighted by atomic mass is 35.5. The SMILES string of the molecule is CCOC(=O)CCC(=O)N(Cc1nc2c(F)c(F)ccc2s1)c1ccc(Cl)cc1. The summed E-state index contributed by atoms with van der Waals surface area (Å²) in [5.41, 5.74) is 0.481. The Hall–Kier alpha value is -2.58. The second-order valence-corrected chi connectivity index (χ2v) is 7.63. The fraction of sp³-hybridized carbons (Fsp3) is 0.250. The molecular weight excluding hydrogens is 422 g/mol. The Balaban J connectivity index is 1.87. The number of fused-ring (bicyclic) bond motifs is 1. The molecule has 3 rings (SSSR count). The minimum absolute atomic E-state index is 0.0453. The fourth-order valence-electron chi connectivity index (χ4n) is 2.71. The highest BCUT2D eigenvalue weighted by Gasteiger charge is 2.21. The Kier molecular flexibility index (Phi) is 6.76. The Bertz CT molecular complexity index is 1040. The van der Waals surface area contributed by atoms with E-state index in [4.69, 9.17) is 16.3 Å². The van der Waals surface area contributed by atoms with E-state index < -0.39 is 17.6 Å². The monoisotopic (exact) mass is 438 g/mol. The molecule has 1 aromatic heterocycles. The molecule has 0 saturated carbocycles. The lowest BCUT2D eigenvalue weighted by molar-refractivity contribution is -0.144. The number of amides is 1. The minimum atomic E-state index is -1.02. The van der Waals surface area contributed by atoms with Crippen molar-refractivity contribution in [2.45, 2.75) is 26.3 Å². The molecule has 0 fully saturated rings. The fourth-order valence-corrected chi connectivity index (χ4v) is 3.79. The Morgan fingerprint density at radius 2 is 1.86 bits per heavy atom. The topological polar surface area (TPSA) is 59.5 Å². The summed E-state index contributed by atoms with van der Waals surface area (Å²) in [5, 5.41) is 0.939. The van der Waals surface area contributed by atoms with E-state index in [1.165, 1.54) is 22.3 Å². The molecule has 0 atom stereocenters. The lowest BCUT2D eigenvalue weighted by Crippen LogP contribution is -2.30. The number of rotatable bonds is 7. The van der Waals surface area contributed by atoms with Crippen molar-refractivity contribution in [1.82, 2.24) is 4.98 Å². The second-order valence-electron chi connectivity index (χ2n) is 6.08. The average Bonchev–Trinajstić information content (AvgIpc) is 3.12. The highest BCUT2D eigenvalue weighted by Crippen LogP contribution is 2.28. The number of hydrogen-bond donors (Lipinski definition) is 0. The van der Waals surface area contributed by atoms with Gasteiger partial charge in [0.15, 0.2) is 11.6 Å². The summed E-state index contributed by atoms with van der Waals surface area (Å²) in [6.45, 7) is 1.97. The zero-order valence-electron chi connectivity index (χ0n) is 15.5. The van der Waals surface area contributed by atoms with Gasteiger partial charge in [0.05, 0.1) is 24.3 Å². The number of aromatic nitrogens is 1. The quantitative estimate of drug-likeness (QED) is 0.481. The van der Waals surface area contributed by atoms with Crippen molar-refractivity contribution < 1.29 is 23.1 Å². The van der Waals surface area contributed by atoms with Crippen molar-refractivity contribution in [2.75, 3.05) is 11.5 Å². The van der Waals surface area contributed by atoms with E-state index >= 15 is 0 Å². The molecule has 0 spiro atoms. The summed E-state index contributed by atoms with van der Waals surface area (Å²) in [5.74, 6) is -2.79. The van der Waals surface area contributed by atoms with Crippen molar-refractivity contribution in [3.05, 3.63) is 58.1 Å². The van der Waals surface area contributed by atoms with Crippen LogP contribution in [0.1, 0.15) is 24.8 Å². The van der Waals surface area contributed by atoms with Crippen molar-refractivity contribution in [3.63, 3.8) is 0 Å². The van der Waals surface area contributed by atoms with Crippen LogP contribution in [0.4, 0.5) is 14.5 Å². The zero-order valence-corrected chi connectivity index (χ0v) is 17.0. The van der Waals surface area contributed by atoms with Crippen LogP contribution >= 0.6 is 22.9 Å². The summed E-state index contributed by atoms with van der Waals surface area (Å²) in [6, 6.07) is 9.09. The van der Waals surface area contributed by atoms with Crippen LogP contribution in [0.5, 0.6) is 0 Å². The van der Waals surface area contributed by atoms with Gasteiger partial charge in [-0.2, -0.15) is 0 Å². The van der Waals surface area contributed by atoms with E-state index in [9.17, 15) is 18.4 Å². The number of ether oxygens (including phenoxy) is 1. The van der Waals surface area contributed by atoms with E-state index in [-0.39, 0.29) is 37.4 Å². The number of carbonyl (C=O) groups excluding carboxylic acids is 2. The first-order valence-electron chi connectivity index (χ1n) is 8.84. The molecule has 29 heavy (non-hydrogen) atoms. The Labute approximate surface area is 174 Å². The summed E-state index contributed by atoms with van der Waals surface area (Å²) in [7, 11) is 0. The van der Waals surface area contributed by atoms with Crippen molar-refractivity contribution in [1.29, 1.82) is 0 Å². The average molecular weight is 439 g/mol. The molecule has 0 saturated heterocycles. The smallest absolute Gasteiger partial charge is 0.306 e. The van der Waals surface area contributed by atoms with Crippen molar-refractivity contribution in [2.24, 2.45) is 0 Å². The van der Waals surface area contributed by atoms with Crippen LogP contribution in [0.3, 0.4) is 0 Å². The van der Waals surface area contributed by atoms with E-state index in [0.717, 1.165) is 6.07 Å².